The van der Waals surface area contributed by atoms with Gasteiger partial charge in [0.15, 0.2) is 0 Å². The Kier molecular flexibility index (Phi) is 21.5. The fourth-order valence-electron chi connectivity index (χ4n) is 13.3. The van der Waals surface area contributed by atoms with Crippen LogP contribution in [0.1, 0.15) is 44.5 Å². The van der Waals surface area contributed by atoms with E-state index in [1.807, 2.05) is 12.1 Å². The number of rotatable bonds is 28. The Bertz CT molecular complexity index is 4430. The molecule has 0 aliphatic carbocycles. The lowest BCUT2D eigenvalue weighted by molar-refractivity contribution is 0.103. The molecule has 0 N–H and O–H groups in total. The molecule has 15 rings (SSSR count). The maximum atomic E-state index is 6.79. The topological polar surface area (TPSA) is 55.4 Å². The van der Waals surface area contributed by atoms with Gasteiger partial charge in [-0.1, -0.05) is 267 Å². The molecule has 15 aromatic carbocycles. The summed E-state index contributed by atoms with van der Waals surface area (Å²) in [5, 5.41) is 0. The molecule has 0 unspecified atom stereocenters. The molecular formula is C98H78O6. The Morgan fingerprint density at radius 3 is 0.510 bits per heavy atom. The minimum absolute atomic E-state index is 0.319. The first-order valence-electron chi connectivity index (χ1n) is 35.5. The summed E-state index contributed by atoms with van der Waals surface area (Å²) in [6.45, 7) is 2.76. The number of benzene rings is 15. The molecule has 0 heterocycles. The van der Waals surface area contributed by atoms with Crippen LogP contribution in [-0.4, -0.2) is 0 Å². The van der Waals surface area contributed by atoms with Crippen molar-refractivity contribution < 1.29 is 28.4 Å². The van der Waals surface area contributed by atoms with E-state index in [4.69, 9.17) is 28.4 Å². The smallest absolute Gasteiger partial charge is 0.123 e. The van der Waals surface area contributed by atoms with Gasteiger partial charge in [-0.3, -0.25) is 0 Å². The molecule has 15 aromatic rings. The van der Waals surface area contributed by atoms with E-state index in [9.17, 15) is 0 Å². The van der Waals surface area contributed by atoms with E-state index in [1.54, 1.807) is 0 Å². The number of hydrogen-bond acceptors (Lipinski definition) is 6. The number of hydrogen-bond donors (Lipinski definition) is 0. The first kappa shape index (κ1) is 67.3. The second kappa shape index (κ2) is 33.3. The highest BCUT2D eigenvalue weighted by Gasteiger charge is 2.15. The highest BCUT2D eigenvalue weighted by Crippen LogP contribution is 2.36. The molecule has 0 saturated heterocycles. The van der Waals surface area contributed by atoms with Gasteiger partial charge in [-0.15, -0.1) is 0 Å². The highest BCUT2D eigenvalue weighted by atomic mass is 16.5. The van der Waals surface area contributed by atoms with Gasteiger partial charge in [0.05, 0.1) is 26.4 Å². The summed E-state index contributed by atoms with van der Waals surface area (Å²) in [5.74, 6) is 2.73. The van der Waals surface area contributed by atoms with Gasteiger partial charge in [-0.25, -0.2) is 0 Å². The van der Waals surface area contributed by atoms with Crippen LogP contribution in [0.25, 0.3) is 89.0 Å². The third kappa shape index (κ3) is 17.9. The lowest BCUT2D eigenvalue weighted by Gasteiger charge is -2.16. The van der Waals surface area contributed by atoms with Gasteiger partial charge < -0.3 is 28.4 Å². The molecule has 0 fully saturated rings. The average Bonchev–Trinajstić information content (AvgIpc) is 0.832. The van der Waals surface area contributed by atoms with Crippen molar-refractivity contribution in [3.8, 4) is 112 Å². The van der Waals surface area contributed by atoms with E-state index >= 15 is 0 Å². The normalized spacial score (nSPS) is 11.1. The predicted molar refractivity (Wildman–Crippen MR) is 423 cm³/mol. The van der Waals surface area contributed by atoms with Crippen molar-refractivity contribution in [2.75, 3.05) is 0 Å². The summed E-state index contributed by atoms with van der Waals surface area (Å²) in [7, 11) is 0. The van der Waals surface area contributed by atoms with Crippen LogP contribution in [0, 0.1) is 0 Å². The summed E-state index contributed by atoms with van der Waals surface area (Å²) >= 11 is 0. The predicted octanol–water partition coefficient (Wildman–Crippen LogP) is 24.8. The minimum Gasteiger partial charge on any atom is -0.489 e. The van der Waals surface area contributed by atoms with Crippen molar-refractivity contribution >= 4 is 0 Å². The average molecular weight is 1350 g/mol. The molecule has 0 aromatic heterocycles. The largest absolute Gasteiger partial charge is 0.489 e. The molecular weight excluding hydrogens is 1270 g/mol. The van der Waals surface area contributed by atoms with E-state index in [-0.39, 0.29) is 0 Å². The monoisotopic (exact) mass is 1350 g/mol. The molecule has 0 bridgehead atoms. The third-order valence-electron chi connectivity index (χ3n) is 18.4. The summed E-state index contributed by atoms with van der Waals surface area (Å²) in [4.78, 5) is 0. The van der Waals surface area contributed by atoms with Crippen LogP contribution in [0.4, 0.5) is 0 Å². The van der Waals surface area contributed by atoms with Crippen LogP contribution in [0.3, 0.4) is 0 Å². The number of ether oxygens (including phenoxy) is 6. The van der Waals surface area contributed by atoms with Crippen molar-refractivity contribution in [2.45, 2.75) is 52.9 Å². The quantitative estimate of drug-likeness (QED) is 0.0487. The summed E-state index contributed by atoms with van der Waals surface area (Å²) in [6, 6.07) is 132. The van der Waals surface area contributed by atoms with E-state index < -0.39 is 0 Å². The summed E-state index contributed by atoms with van der Waals surface area (Å²) in [6.07, 6.45) is 0. The molecule has 506 valence electrons. The fourth-order valence-corrected chi connectivity index (χ4v) is 13.3. The first-order chi connectivity index (χ1) is 51.4. The lowest BCUT2D eigenvalue weighted by Crippen LogP contribution is -2.02. The Morgan fingerprint density at radius 1 is 0.125 bits per heavy atom. The zero-order valence-corrected chi connectivity index (χ0v) is 57.9. The second-order valence-electron chi connectivity index (χ2n) is 26.2. The van der Waals surface area contributed by atoms with Gasteiger partial charge in [-0.05, 0) is 231 Å². The van der Waals surface area contributed by atoms with Crippen molar-refractivity contribution in [2.24, 2.45) is 0 Å². The van der Waals surface area contributed by atoms with Gasteiger partial charge in [0, 0.05) is 12.1 Å². The minimum atomic E-state index is 0.319. The van der Waals surface area contributed by atoms with Crippen LogP contribution < -0.4 is 18.9 Å². The summed E-state index contributed by atoms with van der Waals surface area (Å²) in [5.41, 5.74) is 26.3. The van der Waals surface area contributed by atoms with E-state index in [1.165, 1.54) is 0 Å². The van der Waals surface area contributed by atoms with Crippen molar-refractivity contribution in [3.05, 3.63) is 421 Å². The maximum Gasteiger partial charge on any atom is 0.123 e. The molecule has 0 radical (unpaired) electrons. The zero-order valence-electron chi connectivity index (χ0n) is 57.9. The van der Waals surface area contributed by atoms with Gasteiger partial charge in [0.2, 0.25) is 0 Å². The molecule has 0 spiro atoms. The van der Waals surface area contributed by atoms with E-state index in [0.717, 1.165) is 134 Å². The van der Waals surface area contributed by atoms with E-state index in [2.05, 4.69) is 364 Å². The SMILES string of the molecule is c1ccc(-c2cc(COc3cc(COCc4cccc(COCc5cc(OCc6cc(-c7ccccc7)cc(-c7ccccc7)c6)cc(OCc6cc(-c7ccccc7)cc(-c7ccccc7)c6)c5)c4)cc(OCc4cc(-c5ccccc5)cc(-c5ccccc5)c4)c3)cc(-c3ccccc3)c2)cc1. The van der Waals surface area contributed by atoms with Crippen molar-refractivity contribution in [3.63, 3.8) is 0 Å². The fraction of sp³-hybridized carbons (Fsp3) is 0.0816. The van der Waals surface area contributed by atoms with Gasteiger partial charge in [0.25, 0.3) is 0 Å². The van der Waals surface area contributed by atoms with Crippen LogP contribution in [0.2, 0.25) is 0 Å². The Morgan fingerprint density at radius 2 is 0.308 bits per heavy atom. The Labute approximate surface area is 610 Å². The summed E-state index contributed by atoms with van der Waals surface area (Å²) < 4.78 is 40.4. The maximum absolute atomic E-state index is 6.79. The van der Waals surface area contributed by atoms with Crippen LogP contribution in [-0.2, 0) is 62.3 Å². The Hall–Kier alpha value is -12.6. The standard InChI is InChI=1S/C98H78O6/c1-9-28-79(29-10-1)87-45-73(46-88(57-87)80-30-11-2-12-31-80)67-101-95-53-77(54-96(61-95)102-68-74-47-89(81-32-13-3-14-33-81)58-90(48-74)82-34-15-4-16-35-82)65-99-63-71-26-25-27-72(44-71)64-100-66-78-55-97(103-69-75-49-91(83-36-17-5-18-37-83)59-92(50-75)84-38-19-6-20-39-84)62-98(56-78)104-70-76-51-93(85-40-21-7-22-41-85)60-94(52-76)86-42-23-8-24-43-86/h1-62H,63-70H2. The van der Waals surface area contributed by atoms with Gasteiger partial charge in [0.1, 0.15) is 49.4 Å². The van der Waals surface area contributed by atoms with Crippen molar-refractivity contribution in [1.82, 2.24) is 0 Å². The van der Waals surface area contributed by atoms with E-state index in [0.29, 0.717) is 75.9 Å². The van der Waals surface area contributed by atoms with Gasteiger partial charge in [-0.2, -0.15) is 0 Å². The second-order valence-corrected chi connectivity index (χ2v) is 26.2. The molecule has 104 heavy (non-hydrogen) atoms. The van der Waals surface area contributed by atoms with Crippen LogP contribution in [0.15, 0.2) is 376 Å². The molecule has 6 heteroatoms. The highest BCUT2D eigenvalue weighted by molar-refractivity contribution is 5.78. The van der Waals surface area contributed by atoms with Crippen molar-refractivity contribution in [1.29, 1.82) is 0 Å². The zero-order chi connectivity index (χ0) is 69.9. The molecule has 0 aliphatic rings. The van der Waals surface area contributed by atoms with Gasteiger partial charge >= 0.3 is 0 Å². The molecule has 0 saturated carbocycles. The Balaban J connectivity index is 0.662. The third-order valence-corrected chi connectivity index (χ3v) is 18.4. The molecule has 0 atom stereocenters. The van der Waals surface area contributed by atoms with Crippen LogP contribution >= 0.6 is 0 Å². The lowest BCUT2D eigenvalue weighted by atomic mass is 9.96. The molecule has 0 aliphatic heterocycles. The van der Waals surface area contributed by atoms with Crippen LogP contribution in [0.5, 0.6) is 23.0 Å². The molecule has 6 nitrogen and oxygen atoms in total. The molecule has 0 amide bonds. The first-order valence-corrected chi connectivity index (χ1v) is 35.5.